The zero-order chi connectivity index (χ0) is 13.0. The van der Waals surface area contributed by atoms with E-state index in [0.29, 0.717) is 17.8 Å². The lowest BCUT2D eigenvalue weighted by atomic mass is 10.2. The van der Waals surface area contributed by atoms with Crippen molar-refractivity contribution in [2.75, 3.05) is 13.6 Å². The second kappa shape index (κ2) is 5.60. The first kappa shape index (κ1) is 12.5. The molecule has 2 rings (SSSR count). The minimum atomic E-state index is -0.252. The number of nitrogens with zero attached hydrogens (tertiary/aromatic N) is 1. The highest BCUT2D eigenvalue weighted by atomic mass is 19.1. The minimum absolute atomic E-state index is 0.00107. The van der Waals surface area contributed by atoms with Crippen LogP contribution in [0.4, 0.5) is 4.39 Å². The molecule has 2 aromatic rings. The summed E-state index contributed by atoms with van der Waals surface area (Å²) in [7, 11) is 1.72. The van der Waals surface area contributed by atoms with Gasteiger partial charge in [0.25, 0.3) is 0 Å². The van der Waals surface area contributed by atoms with E-state index < -0.39 is 0 Å². The van der Waals surface area contributed by atoms with E-state index in [1.54, 1.807) is 48.1 Å². The zero-order valence-corrected chi connectivity index (χ0v) is 10.2. The fraction of sp³-hybridized carbons (Fsp3) is 0.214. The molecule has 1 aromatic heterocycles. The molecule has 0 spiro atoms. The molecule has 0 bridgehead atoms. The van der Waals surface area contributed by atoms with Gasteiger partial charge in [-0.1, -0.05) is 18.2 Å². The van der Waals surface area contributed by atoms with Crippen molar-refractivity contribution >= 4 is 5.78 Å². The number of likely N-dealkylation sites (N-methyl/N-ethyl adjacent to an activating group) is 1. The lowest BCUT2D eigenvalue weighted by molar-refractivity contribution is 0.0985. The topological polar surface area (TPSA) is 34.0 Å². The third kappa shape index (κ3) is 2.65. The fourth-order valence-corrected chi connectivity index (χ4v) is 1.87. The summed E-state index contributed by atoms with van der Waals surface area (Å²) >= 11 is 0. The standard InChI is InChI=1S/C14H15FN2O/c1-16-9-14(18)13-7-4-8-17(13)10-11-5-2-3-6-12(11)15/h2-8,16H,9-10H2,1H3. The van der Waals surface area contributed by atoms with E-state index in [9.17, 15) is 9.18 Å². The quantitative estimate of drug-likeness (QED) is 0.819. The Morgan fingerprint density at radius 1 is 1.28 bits per heavy atom. The van der Waals surface area contributed by atoms with Gasteiger partial charge in [-0.3, -0.25) is 4.79 Å². The van der Waals surface area contributed by atoms with Gasteiger partial charge in [-0.15, -0.1) is 0 Å². The van der Waals surface area contributed by atoms with E-state index >= 15 is 0 Å². The molecular weight excluding hydrogens is 231 g/mol. The molecule has 0 saturated carbocycles. The molecule has 0 aliphatic carbocycles. The largest absolute Gasteiger partial charge is 0.341 e. The van der Waals surface area contributed by atoms with Gasteiger partial charge in [0, 0.05) is 11.8 Å². The van der Waals surface area contributed by atoms with Crippen molar-refractivity contribution in [2.45, 2.75) is 6.54 Å². The Hall–Kier alpha value is -1.94. The van der Waals surface area contributed by atoms with Crippen LogP contribution in [0.15, 0.2) is 42.6 Å². The molecule has 4 heteroatoms. The Morgan fingerprint density at radius 2 is 2.06 bits per heavy atom. The molecule has 3 nitrogen and oxygen atoms in total. The van der Waals surface area contributed by atoms with Gasteiger partial charge in [0.1, 0.15) is 5.82 Å². The van der Waals surface area contributed by atoms with Crippen molar-refractivity contribution in [3.63, 3.8) is 0 Å². The van der Waals surface area contributed by atoms with Gasteiger partial charge in [-0.2, -0.15) is 0 Å². The summed E-state index contributed by atoms with van der Waals surface area (Å²) in [5.74, 6) is -0.253. The summed E-state index contributed by atoms with van der Waals surface area (Å²) in [5.41, 5.74) is 1.17. The van der Waals surface area contributed by atoms with Crippen LogP contribution >= 0.6 is 0 Å². The predicted molar refractivity (Wildman–Crippen MR) is 68.2 cm³/mol. The first-order valence-corrected chi connectivity index (χ1v) is 5.78. The number of hydrogen-bond acceptors (Lipinski definition) is 2. The number of nitrogens with one attached hydrogen (secondary N) is 1. The highest BCUT2D eigenvalue weighted by molar-refractivity contribution is 5.96. The molecule has 94 valence electrons. The second-order valence-electron chi connectivity index (χ2n) is 4.07. The van der Waals surface area contributed by atoms with Crippen LogP contribution in [0.3, 0.4) is 0 Å². The molecule has 0 atom stereocenters. The van der Waals surface area contributed by atoms with Crippen molar-refractivity contribution in [3.05, 3.63) is 59.7 Å². The highest BCUT2D eigenvalue weighted by Crippen LogP contribution is 2.11. The molecule has 0 saturated heterocycles. The maximum Gasteiger partial charge on any atom is 0.192 e. The average molecular weight is 246 g/mol. The molecule has 0 aliphatic rings. The van der Waals surface area contributed by atoms with Crippen molar-refractivity contribution in [3.8, 4) is 0 Å². The van der Waals surface area contributed by atoms with Crippen LogP contribution < -0.4 is 5.32 Å². The van der Waals surface area contributed by atoms with Crippen molar-refractivity contribution in [1.82, 2.24) is 9.88 Å². The number of carbonyl (C=O) groups is 1. The first-order valence-electron chi connectivity index (χ1n) is 5.78. The van der Waals surface area contributed by atoms with E-state index in [2.05, 4.69) is 5.32 Å². The Bertz CT molecular complexity index is 548. The van der Waals surface area contributed by atoms with Crippen molar-refractivity contribution in [2.24, 2.45) is 0 Å². The third-order valence-electron chi connectivity index (χ3n) is 2.75. The van der Waals surface area contributed by atoms with Crippen LogP contribution in [0.25, 0.3) is 0 Å². The first-order chi connectivity index (χ1) is 8.72. The molecule has 1 N–H and O–H groups in total. The molecule has 1 aromatic carbocycles. The van der Waals surface area contributed by atoms with Crippen molar-refractivity contribution in [1.29, 1.82) is 0 Å². The van der Waals surface area contributed by atoms with Crippen LogP contribution in [0.2, 0.25) is 0 Å². The molecule has 0 unspecified atom stereocenters. The van der Waals surface area contributed by atoms with E-state index in [-0.39, 0.29) is 18.1 Å². The lowest BCUT2D eigenvalue weighted by Gasteiger charge is -2.09. The lowest BCUT2D eigenvalue weighted by Crippen LogP contribution is -2.21. The summed E-state index contributed by atoms with van der Waals surface area (Å²) in [6, 6.07) is 10.1. The van der Waals surface area contributed by atoms with Gasteiger partial charge >= 0.3 is 0 Å². The Balaban J connectivity index is 2.23. The SMILES string of the molecule is CNCC(=O)c1cccn1Cc1ccccc1F. The van der Waals surface area contributed by atoms with Crippen molar-refractivity contribution < 1.29 is 9.18 Å². The molecule has 18 heavy (non-hydrogen) atoms. The highest BCUT2D eigenvalue weighted by Gasteiger charge is 2.11. The number of hydrogen-bond donors (Lipinski definition) is 1. The Morgan fingerprint density at radius 3 is 2.78 bits per heavy atom. The number of benzene rings is 1. The van der Waals surface area contributed by atoms with E-state index in [0.717, 1.165) is 0 Å². The van der Waals surface area contributed by atoms with Crippen LogP contribution in [0.5, 0.6) is 0 Å². The maximum atomic E-state index is 13.6. The zero-order valence-electron chi connectivity index (χ0n) is 10.2. The number of Topliss-reactive ketones (excluding diaryl/α,β-unsaturated/α-hetero) is 1. The van der Waals surface area contributed by atoms with Crippen LogP contribution in [0.1, 0.15) is 16.1 Å². The maximum absolute atomic E-state index is 13.6. The van der Waals surface area contributed by atoms with Gasteiger partial charge in [0.05, 0.1) is 18.8 Å². The number of aromatic nitrogens is 1. The normalized spacial score (nSPS) is 10.6. The number of rotatable bonds is 5. The number of halogens is 1. The van der Waals surface area contributed by atoms with Gasteiger partial charge in [0.15, 0.2) is 5.78 Å². The van der Waals surface area contributed by atoms with Gasteiger partial charge in [0.2, 0.25) is 0 Å². The Kier molecular flexibility index (Phi) is 3.89. The molecule has 0 amide bonds. The van der Waals surface area contributed by atoms with E-state index in [4.69, 9.17) is 0 Å². The van der Waals surface area contributed by atoms with E-state index in [1.807, 2.05) is 0 Å². The van der Waals surface area contributed by atoms with Crippen LogP contribution in [-0.2, 0) is 6.54 Å². The fourth-order valence-electron chi connectivity index (χ4n) is 1.87. The van der Waals surface area contributed by atoms with Crippen LogP contribution in [0, 0.1) is 5.82 Å². The average Bonchev–Trinajstić information content (AvgIpc) is 2.81. The summed E-state index contributed by atoms with van der Waals surface area (Å²) in [5, 5.41) is 2.82. The minimum Gasteiger partial charge on any atom is -0.341 e. The second-order valence-corrected chi connectivity index (χ2v) is 4.07. The smallest absolute Gasteiger partial charge is 0.192 e. The van der Waals surface area contributed by atoms with E-state index in [1.165, 1.54) is 6.07 Å². The van der Waals surface area contributed by atoms with Gasteiger partial charge in [-0.25, -0.2) is 4.39 Å². The summed E-state index contributed by atoms with van der Waals surface area (Å²) in [4.78, 5) is 11.8. The number of ketones is 1. The molecule has 0 radical (unpaired) electrons. The monoisotopic (exact) mass is 246 g/mol. The summed E-state index contributed by atoms with van der Waals surface area (Å²) in [6.45, 7) is 0.645. The predicted octanol–water partition coefficient (Wildman–Crippen LogP) is 2.08. The number of carbonyl (C=O) groups excluding carboxylic acids is 1. The summed E-state index contributed by atoms with van der Waals surface area (Å²) < 4.78 is 15.3. The Labute approximate surface area is 105 Å². The summed E-state index contributed by atoms with van der Waals surface area (Å²) in [6.07, 6.45) is 1.79. The van der Waals surface area contributed by atoms with Crippen LogP contribution in [-0.4, -0.2) is 23.9 Å². The molecule has 1 heterocycles. The third-order valence-corrected chi connectivity index (χ3v) is 2.75. The van der Waals surface area contributed by atoms with Gasteiger partial charge < -0.3 is 9.88 Å². The molecule has 0 aliphatic heterocycles. The molecule has 0 fully saturated rings. The van der Waals surface area contributed by atoms with Gasteiger partial charge in [-0.05, 0) is 25.2 Å². The molecular formula is C14H15FN2O.